The fourth-order valence-corrected chi connectivity index (χ4v) is 2.69. The number of hydrogen-bond donors (Lipinski definition) is 1. The van der Waals surface area contributed by atoms with Gasteiger partial charge in [0.2, 0.25) is 0 Å². The molecule has 5 nitrogen and oxygen atoms in total. The van der Waals surface area contributed by atoms with E-state index in [1.54, 1.807) is 12.1 Å². The number of ether oxygens (including phenoxy) is 1. The minimum atomic E-state index is -2.28. The third-order valence-electron chi connectivity index (χ3n) is 3.54. The van der Waals surface area contributed by atoms with E-state index in [9.17, 15) is 9.00 Å². The molecule has 0 saturated heterocycles. The molecule has 0 amide bonds. The van der Waals surface area contributed by atoms with Crippen LogP contribution in [0, 0.1) is 0 Å². The molecule has 0 radical (unpaired) electrons. The van der Waals surface area contributed by atoms with Crippen molar-refractivity contribution < 1.29 is 22.5 Å². The summed E-state index contributed by atoms with van der Waals surface area (Å²) >= 11 is -2.28. The third kappa shape index (κ3) is 3.56. The van der Waals surface area contributed by atoms with Crippen LogP contribution in [-0.4, -0.2) is 21.3 Å². The van der Waals surface area contributed by atoms with E-state index < -0.39 is 11.4 Å². The summed E-state index contributed by atoms with van der Waals surface area (Å²) in [5.41, 5.74) is 3.88. The zero-order chi connectivity index (χ0) is 16.2. The predicted molar refractivity (Wildman–Crippen MR) is 86.2 cm³/mol. The number of cyclic esters (lactones) is 1. The summed E-state index contributed by atoms with van der Waals surface area (Å²) in [7, 11) is 0. The lowest BCUT2D eigenvalue weighted by molar-refractivity contribution is -0.133. The average molecular weight is 330 g/mol. The molecule has 3 rings (SSSR count). The van der Waals surface area contributed by atoms with Gasteiger partial charge >= 0.3 is 17.3 Å². The van der Waals surface area contributed by atoms with Crippen LogP contribution in [0.2, 0.25) is 0 Å². The molecule has 0 aromatic heterocycles. The summed E-state index contributed by atoms with van der Waals surface area (Å²) < 4.78 is 29.0. The van der Waals surface area contributed by atoms with E-state index in [1.165, 1.54) is 0 Å². The molecule has 1 heterocycles. The second-order valence-corrected chi connectivity index (χ2v) is 5.64. The Bertz CT molecular complexity index is 765. The molecule has 6 heteroatoms. The smallest absolute Gasteiger partial charge is 0.339 e. The predicted octanol–water partition coefficient (Wildman–Crippen LogP) is 2.81. The molecule has 1 N–H and O–H groups in total. The van der Waals surface area contributed by atoms with Crippen LogP contribution in [0.4, 0.5) is 0 Å². The first-order chi connectivity index (χ1) is 11.1. The van der Waals surface area contributed by atoms with Crippen molar-refractivity contribution in [1.82, 2.24) is 0 Å². The van der Waals surface area contributed by atoms with Gasteiger partial charge in [0, 0.05) is 5.57 Å². The van der Waals surface area contributed by atoms with Crippen LogP contribution in [0.25, 0.3) is 11.1 Å². The lowest BCUT2D eigenvalue weighted by Gasteiger charge is -2.06. The zero-order valence-electron chi connectivity index (χ0n) is 12.1. The molecule has 2 aromatic rings. The lowest BCUT2D eigenvalue weighted by atomic mass is 9.96. The molecule has 0 bridgehead atoms. The summed E-state index contributed by atoms with van der Waals surface area (Å²) in [6, 6.07) is 16.7. The van der Waals surface area contributed by atoms with Crippen molar-refractivity contribution in [3.8, 4) is 0 Å². The van der Waals surface area contributed by atoms with Crippen LogP contribution < -0.4 is 0 Å². The standard InChI is InChI=1S/C17H14O5S/c18-17-16(14-4-2-1-3-5-14)15(11-21-17)13-8-6-12(7-9-13)10-22-23(19)20/h1-9H,10-11H2,(H,19,20). The molecular weight excluding hydrogens is 316 g/mol. The van der Waals surface area contributed by atoms with Gasteiger partial charge in [-0.3, -0.25) is 8.74 Å². The zero-order valence-corrected chi connectivity index (χ0v) is 12.9. The van der Waals surface area contributed by atoms with E-state index >= 15 is 0 Å². The SMILES string of the molecule is O=C1OCC(c2ccc(COS(=O)O)cc2)=C1c1ccccc1. The molecule has 2 aromatic carbocycles. The lowest BCUT2D eigenvalue weighted by Crippen LogP contribution is -1.98. The Morgan fingerprint density at radius 1 is 1.04 bits per heavy atom. The summed E-state index contributed by atoms with van der Waals surface area (Å²) in [5, 5.41) is 0. The van der Waals surface area contributed by atoms with Crippen LogP contribution in [0.5, 0.6) is 0 Å². The van der Waals surface area contributed by atoms with E-state index in [-0.39, 0.29) is 19.2 Å². The summed E-state index contributed by atoms with van der Waals surface area (Å²) in [6.07, 6.45) is 0. The highest BCUT2D eigenvalue weighted by Gasteiger charge is 2.26. The Labute approximate surface area is 136 Å². The van der Waals surface area contributed by atoms with Gasteiger partial charge < -0.3 is 4.74 Å². The molecule has 1 aliphatic heterocycles. The quantitative estimate of drug-likeness (QED) is 0.674. The van der Waals surface area contributed by atoms with Crippen molar-refractivity contribution in [2.24, 2.45) is 0 Å². The highest BCUT2D eigenvalue weighted by atomic mass is 32.2. The largest absolute Gasteiger partial charge is 0.457 e. The fraction of sp³-hybridized carbons (Fsp3) is 0.118. The molecule has 1 atom stereocenters. The van der Waals surface area contributed by atoms with Crippen molar-refractivity contribution in [2.75, 3.05) is 6.61 Å². The van der Waals surface area contributed by atoms with Crippen LogP contribution >= 0.6 is 0 Å². The molecule has 0 spiro atoms. The number of rotatable bonds is 5. The normalized spacial score (nSPS) is 15.6. The number of hydrogen-bond acceptors (Lipinski definition) is 4. The number of esters is 1. The Morgan fingerprint density at radius 3 is 2.39 bits per heavy atom. The minimum absolute atomic E-state index is 0.0451. The van der Waals surface area contributed by atoms with E-state index in [0.717, 1.165) is 22.3 Å². The van der Waals surface area contributed by atoms with Crippen molar-refractivity contribution in [1.29, 1.82) is 0 Å². The Morgan fingerprint density at radius 2 is 1.74 bits per heavy atom. The van der Waals surface area contributed by atoms with Gasteiger partial charge in [-0.1, -0.05) is 54.6 Å². The van der Waals surface area contributed by atoms with E-state index in [0.29, 0.717) is 5.57 Å². The Kier molecular flexibility index (Phi) is 4.66. The maximum atomic E-state index is 12.0. The van der Waals surface area contributed by atoms with Gasteiger partial charge in [0.25, 0.3) is 0 Å². The molecule has 0 aliphatic carbocycles. The number of carbonyl (C=O) groups excluding carboxylic acids is 1. The average Bonchev–Trinajstić information content (AvgIpc) is 2.96. The Balaban J connectivity index is 1.91. The maximum Gasteiger partial charge on any atom is 0.339 e. The molecule has 0 saturated carbocycles. The molecule has 0 fully saturated rings. The van der Waals surface area contributed by atoms with Crippen molar-refractivity contribution in [3.05, 3.63) is 71.3 Å². The third-order valence-corrected chi connectivity index (χ3v) is 3.86. The van der Waals surface area contributed by atoms with Gasteiger partial charge in [-0.15, -0.1) is 0 Å². The van der Waals surface area contributed by atoms with Gasteiger partial charge in [0.05, 0.1) is 12.2 Å². The van der Waals surface area contributed by atoms with Crippen molar-refractivity contribution in [3.63, 3.8) is 0 Å². The van der Waals surface area contributed by atoms with Crippen LogP contribution in [0.3, 0.4) is 0 Å². The summed E-state index contributed by atoms with van der Waals surface area (Å²) in [5.74, 6) is -0.325. The topological polar surface area (TPSA) is 72.8 Å². The fourth-order valence-electron chi connectivity index (χ4n) is 2.45. The second kappa shape index (κ2) is 6.87. The van der Waals surface area contributed by atoms with Crippen LogP contribution in [0.15, 0.2) is 54.6 Å². The van der Waals surface area contributed by atoms with E-state index in [4.69, 9.17) is 9.29 Å². The maximum absolute atomic E-state index is 12.0. The van der Waals surface area contributed by atoms with Crippen LogP contribution in [-0.2, 0) is 31.7 Å². The first-order valence-electron chi connectivity index (χ1n) is 6.94. The second-order valence-electron chi connectivity index (χ2n) is 4.97. The molecule has 118 valence electrons. The molecule has 1 unspecified atom stereocenters. The van der Waals surface area contributed by atoms with E-state index in [2.05, 4.69) is 4.18 Å². The van der Waals surface area contributed by atoms with Gasteiger partial charge in [0.15, 0.2) is 0 Å². The van der Waals surface area contributed by atoms with Gasteiger partial charge in [-0.25, -0.2) is 4.79 Å². The first-order valence-corrected chi connectivity index (χ1v) is 7.97. The van der Waals surface area contributed by atoms with Crippen molar-refractivity contribution in [2.45, 2.75) is 6.61 Å². The minimum Gasteiger partial charge on any atom is -0.457 e. The number of carbonyl (C=O) groups is 1. The van der Waals surface area contributed by atoms with E-state index in [1.807, 2.05) is 42.5 Å². The van der Waals surface area contributed by atoms with Crippen LogP contribution in [0.1, 0.15) is 16.7 Å². The van der Waals surface area contributed by atoms with Gasteiger partial charge in [0.1, 0.15) is 6.61 Å². The molecular formula is C17H14O5S. The Hall–Kier alpha value is -2.28. The highest BCUT2D eigenvalue weighted by molar-refractivity contribution is 7.74. The first kappa shape index (κ1) is 15.6. The van der Waals surface area contributed by atoms with Gasteiger partial charge in [-0.05, 0) is 16.7 Å². The van der Waals surface area contributed by atoms with Crippen molar-refractivity contribution >= 4 is 28.5 Å². The summed E-state index contributed by atoms with van der Waals surface area (Å²) in [4.78, 5) is 12.0. The molecule has 1 aliphatic rings. The molecule has 23 heavy (non-hydrogen) atoms. The monoisotopic (exact) mass is 330 g/mol. The summed E-state index contributed by atoms with van der Waals surface area (Å²) in [6.45, 7) is 0.281. The highest BCUT2D eigenvalue weighted by Crippen LogP contribution is 2.32. The number of benzene rings is 2. The van der Waals surface area contributed by atoms with Gasteiger partial charge in [-0.2, -0.15) is 4.21 Å².